The molecule has 0 aliphatic carbocycles. The van der Waals surface area contributed by atoms with E-state index < -0.39 is 346 Å². The van der Waals surface area contributed by atoms with E-state index in [2.05, 4.69) is 0 Å². The second-order valence-electron chi connectivity index (χ2n) is 35.9. The number of fused-ring (bicyclic) bond motifs is 1. The molecule has 730 valence electrons. The normalized spacial score (nSPS) is 47.0. The number of rotatable bonds is 28. The Morgan fingerprint density at radius 3 is 0.750 bits per heavy atom. The molecule has 10 saturated heterocycles. The molecule has 10 aliphatic rings. The Bertz CT molecular complexity index is 2970. The molecule has 124 heavy (non-hydrogen) atoms. The Labute approximate surface area is 715 Å². The molecule has 10 heterocycles. The highest BCUT2D eigenvalue weighted by molar-refractivity contribution is 5.03. The lowest BCUT2D eigenvalue weighted by Gasteiger charge is -2.50. The van der Waals surface area contributed by atoms with Crippen LogP contribution in [0.15, 0.2) is 0 Å². The molecule has 0 bridgehead atoms. The maximum absolute atomic E-state index is 11.0. The van der Waals surface area contributed by atoms with Gasteiger partial charge in [0.2, 0.25) is 0 Å². The van der Waals surface area contributed by atoms with Crippen molar-refractivity contribution in [3.63, 3.8) is 0 Å². The Kier molecular flexibility index (Phi) is 40.2. The summed E-state index contributed by atoms with van der Waals surface area (Å²) >= 11 is 0. The predicted octanol–water partition coefficient (Wildman–Crippen LogP) is -12.3. The number of ether oxygens (including phenoxy) is 22. The minimum atomic E-state index is -1.87. The van der Waals surface area contributed by atoms with E-state index in [1.807, 2.05) is 20.8 Å². The van der Waals surface area contributed by atoms with E-state index in [1.54, 1.807) is 83.1 Å². The fourth-order valence-electron chi connectivity index (χ4n) is 15.1. The van der Waals surface area contributed by atoms with Crippen LogP contribution in [0.2, 0.25) is 0 Å². The van der Waals surface area contributed by atoms with Crippen molar-refractivity contribution in [2.45, 2.75) is 416 Å². The molecule has 10 rings (SSSR count). The van der Waals surface area contributed by atoms with Crippen molar-refractivity contribution in [1.82, 2.24) is 0 Å². The molecule has 19 unspecified atom stereocenters. The van der Waals surface area contributed by atoms with Crippen LogP contribution in [0.4, 0.5) is 0 Å². The first-order valence-electron chi connectivity index (χ1n) is 41.5. The van der Waals surface area contributed by atoms with Gasteiger partial charge in [0.25, 0.3) is 0 Å². The lowest BCUT2D eigenvalue weighted by Crippen LogP contribution is -2.67. The van der Waals surface area contributed by atoms with Crippen molar-refractivity contribution in [3.8, 4) is 0 Å². The zero-order chi connectivity index (χ0) is 92.7. The molecule has 0 spiro atoms. The van der Waals surface area contributed by atoms with Crippen molar-refractivity contribution >= 4 is 0 Å². The molecule has 0 aromatic heterocycles. The van der Waals surface area contributed by atoms with E-state index in [-0.39, 0.29) is 31.5 Å². The van der Waals surface area contributed by atoms with Gasteiger partial charge in [0.05, 0.1) is 89.0 Å². The smallest absolute Gasteiger partial charge is 0.187 e. The summed E-state index contributed by atoms with van der Waals surface area (Å²) < 4.78 is 124. The van der Waals surface area contributed by atoms with Crippen LogP contribution < -0.4 is 0 Å². The van der Waals surface area contributed by atoms with Gasteiger partial charge in [-0.3, -0.25) is 0 Å². The fourth-order valence-corrected chi connectivity index (χ4v) is 15.1. The van der Waals surface area contributed by atoms with E-state index in [1.165, 1.54) is 0 Å². The van der Waals surface area contributed by atoms with Crippen LogP contribution in [0.3, 0.4) is 0 Å². The monoisotopic (exact) mass is 1820 g/mol. The second kappa shape index (κ2) is 46.4. The zero-order valence-electron chi connectivity index (χ0n) is 71.8. The van der Waals surface area contributed by atoms with Gasteiger partial charge in [0, 0.05) is 5.41 Å². The SMILES string of the molecule is CC(C)O[C@@H]1OC(CO)[C@H](O[C@@H]2OC(CO)[C@H](O[C@@H]3OC(CO)[C@H](OC(C)(C)C)[C@@H](O)C3O)[C@@H](O)C2O)[C@@H](O)C1O.CC(C)O[C@@H]1OC(CO)[C@H](O[C@@H]2OC(CO)[C@H](O[C@@H]3OC(COC(C)(C)C)[C@H](O)[C@@H](O)C3O)[C@@H](O)C2O)[C@@H](O)C1O.CC(C)O[C@@H]1OC(CO)[C@H](O[C@@H]2OC(CO)[C@H](O[C@@H]3OC4COC(C(C)(C)C)O[C@@H]4[C@@H](O)C3O)[C@@H](O)C2O)[C@@H](O)C1O. The van der Waals surface area contributed by atoms with Crippen molar-refractivity contribution in [3.05, 3.63) is 0 Å². The summed E-state index contributed by atoms with van der Waals surface area (Å²) in [6.45, 7) is 21.2. The third-order valence-electron chi connectivity index (χ3n) is 21.6. The standard InChI is InChI=1S/C26H46O16.2C25H46O16/c1-9(2)36-22-16(32)13(29)19(10(6-27)37-22)40-23-17(33)14(30)20(11(7-28)38-23)41-24-18(34)15(31)21-12(39-24)8-35-25(42-21)26(3,4)5;1-9(2)35-22-16(32)13(29)19(10(6-26)36-22)39-23-17(33)14(30)20(11(7-27)37-23)40-24-18(34)15(31)21(12(8-28)38-24)41-25(3,4)5;1-9(2)36-22-18(33)15(30)20(10(6-26)37-22)41-24-19(34)16(31)21(11(7-27)38-24)40-23-17(32)14(29)13(28)12(39-23)8-35-25(3,4)5/h9-25,27-34H,6-8H2,1-5H3;2*9-24,26-34H,6-8H2,1-5H3/t10?,11?,12?,13-,14-,15-,16?,17?,18?,19-,20-,21-,22+,23-,24-,25?;10?,11?,12?,13-,14-,15-,16?,17?,18?,19-,20-,21-,22+,23-,24-;10?,11?,12?,13-,14+,15-,16-,17?,18?,19?,20-,21-,22+,23-,24-/m000/s1. The quantitative estimate of drug-likeness (QED) is 0.0346. The van der Waals surface area contributed by atoms with E-state index in [9.17, 15) is 133 Å². The maximum atomic E-state index is 11.0. The molecule has 0 aromatic rings. The number of aliphatic hydroxyl groups is 26. The van der Waals surface area contributed by atoms with Crippen LogP contribution in [0.1, 0.15) is 104 Å². The molecule has 48 heteroatoms. The lowest BCUT2D eigenvalue weighted by atomic mass is 9.92. The molecule has 10 aliphatic heterocycles. The average Bonchev–Trinajstić information content (AvgIpc) is 0.777. The first-order chi connectivity index (χ1) is 57.9. The van der Waals surface area contributed by atoms with Crippen molar-refractivity contribution in [2.24, 2.45) is 5.41 Å². The highest BCUT2D eigenvalue weighted by atomic mass is 16.8. The first kappa shape index (κ1) is 107. The molecule has 26 N–H and O–H groups in total. The molecule has 0 aromatic carbocycles. The Morgan fingerprint density at radius 1 is 0.258 bits per heavy atom. The average molecular weight is 1820 g/mol. The van der Waals surface area contributed by atoms with E-state index in [0.29, 0.717) is 0 Å². The highest BCUT2D eigenvalue weighted by Gasteiger charge is 2.60. The second-order valence-corrected chi connectivity index (χ2v) is 35.9. The molecule has 0 saturated carbocycles. The Morgan fingerprint density at radius 2 is 0.492 bits per heavy atom. The summed E-state index contributed by atoms with van der Waals surface area (Å²) in [5, 5.41) is 272. The van der Waals surface area contributed by atoms with Crippen molar-refractivity contribution in [1.29, 1.82) is 0 Å². The van der Waals surface area contributed by atoms with Gasteiger partial charge < -0.3 is 237 Å². The van der Waals surface area contributed by atoms with Gasteiger partial charge in [-0.15, -0.1) is 0 Å². The molecule has 48 nitrogen and oxygen atoms in total. The topological polar surface area (TPSA) is 729 Å². The molecule has 0 radical (unpaired) electrons. The van der Waals surface area contributed by atoms with Gasteiger partial charge >= 0.3 is 0 Å². The third-order valence-corrected chi connectivity index (χ3v) is 21.6. The van der Waals surface area contributed by atoms with Crippen LogP contribution in [-0.2, 0) is 104 Å². The summed E-state index contributed by atoms with van der Waals surface area (Å²) in [6.07, 6.45) is -69.4. The van der Waals surface area contributed by atoms with Gasteiger partial charge in [0.1, 0.15) is 220 Å². The van der Waals surface area contributed by atoms with Crippen molar-refractivity contribution < 1.29 is 237 Å². The minimum absolute atomic E-state index is 0.0225. The van der Waals surface area contributed by atoms with E-state index in [4.69, 9.17) is 104 Å². The number of aliphatic hydroxyl groups excluding tert-OH is 26. The predicted molar refractivity (Wildman–Crippen MR) is 404 cm³/mol. The summed E-state index contributed by atoms with van der Waals surface area (Å²) in [6, 6.07) is 0. The Balaban J connectivity index is 0.000000231. The van der Waals surface area contributed by atoms with Gasteiger partial charge in [-0.05, 0) is 83.1 Å². The lowest BCUT2D eigenvalue weighted by molar-refractivity contribution is -0.397. The van der Waals surface area contributed by atoms with Crippen LogP contribution in [-0.4, -0.2) is 504 Å². The van der Waals surface area contributed by atoms with Crippen molar-refractivity contribution in [2.75, 3.05) is 59.5 Å². The van der Waals surface area contributed by atoms with Gasteiger partial charge in [-0.25, -0.2) is 0 Å². The van der Waals surface area contributed by atoms with Crippen LogP contribution in [0, 0.1) is 5.41 Å². The summed E-state index contributed by atoms with van der Waals surface area (Å²) in [7, 11) is 0. The van der Waals surface area contributed by atoms with Gasteiger partial charge in [-0.2, -0.15) is 0 Å². The maximum Gasteiger partial charge on any atom is 0.187 e. The summed E-state index contributed by atoms with van der Waals surface area (Å²) in [4.78, 5) is 0. The summed E-state index contributed by atoms with van der Waals surface area (Å²) in [5.74, 6) is 0. The van der Waals surface area contributed by atoms with Gasteiger partial charge in [0.15, 0.2) is 62.9 Å². The van der Waals surface area contributed by atoms with Gasteiger partial charge in [-0.1, -0.05) is 20.8 Å². The number of hydrogen-bond acceptors (Lipinski definition) is 48. The fraction of sp³-hybridized carbons (Fsp3) is 1.00. The summed E-state index contributed by atoms with van der Waals surface area (Å²) in [5.41, 5.74) is -1.78. The number of hydrogen-bond donors (Lipinski definition) is 26. The Hall–Kier alpha value is -1.92. The zero-order valence-corrected chi connectivity index (χ0v) is 71.8. The van der Waals surface area contributed by atoms with Crippen LogP contribution >= 0.6 is 0 Å². The minimum Gasteiger partial charge on any atom is -0.394 e. The molecule has 10 fully saturated rings. The molecule has 0 amide bonds. The molecule has 46 atom stereocenters. The molecular formula is C76H138O48. The third kappa shape index (κ3) is 26.4. The first-order valence-corrected chi connectivity index (χ1v) is 41.5. The molecular weight excluding hydrogens is 1680 g/mol. The van der Waals surface area contributed by atoms with E-state index in [0.717, 1.165) is 0 Å². The van der Waals surface area contributed by atoms with Crippen LogP contribution in [0.25, 0.3) is 0 Å². The van der Waals surface area contributed by atoms with Crippen LogP contribution in [0.5, 0.6) is 0 Å². The van der Waals surface area contributed by atoms with E-state index >= 15 is 0 Å². The largest absolute Gasteiger partial charge is 0.394 e. The highest BCUT2D eigenvalue weighted by Crippen LogP contribution is 2.41.